The quantitative estimate of drug-likeness (QED) is 0.594. The standard InChI is InChI=1S/C21H18O7/c1-25-19(23)21(20(24)26-2)15-16(22)13-10-6-7-11-14(13)27-18(15)28-17(21)12-8-4-3-5-9-12/h3-11,15,17-18H,1-2H3/t15-,17+,18-/m1/s1. The number of hydrogen-bond acceptors (Lipinski definition) is 7. The van der Waals surface area contributed by atoms with E-state index >= 15 is 0 Å². The van der Waals surface area contributed by atoms with Gasteiger partial charge >= 0.3 is 11.9 Å². The van der Waals surface area contributed by atoms with Crippen LogP contribution in [0, 0.1) is 11.3 Å². The molecule has 7 nitrogen and oxygen atoms in total. The molecule has 0 saturated carbocycles. The van der Waals surface area contributed by atoms with Gasteiger partial charge in [-0.1, -0.05) is 42.5 Å². The van der Waals surface area contributed by atoms with E-state index in [-0.39, 0.29) is 5.56 Å². The SMILES string of the molecule is COC(=O)C1(C(=O)OC)[C@@H]2C(=O)c3ccccc3O[C@@H]2O[C@H]1c1ccccc1. The van der Waals surface area contributed by atoms with Crippen LogP contribution in [0.2, 0.25) is 0 Å². The Kier molecular flexibility index (Phi) is 4.39. The third kappa shape index (κ3) is 2.36. The molecule has 0 radical (unpaired) electrons. The molecule has 2 aliphatic rings. The molecule has 0 amide bonds. The van der Waals surface area contributed by atoms with Gasteiger partial charge in [-0.3, -0.25) is 14.4 Å². The summed E-state index contributed by atoms with van der Waals surface area (Å²) in [5, 5.41) is 0. The zero-order valence-electron chi connectivity index (χ0n) is 15.3. The molecule has 2 aliphatic heterocycles. The summed E-state index contributed by atoms with van der Waals surface area (Å²) in [5.74, 6) is -3.14. The summed E-state index contributed by atoms with van der Waals surface area (Å²) in [6.07, 6.45) is -2.24. The van der Waals surface area contributed by atoms with Crippen LogP contribution in [0.4, 0.5) is 0 Å². The molecule has 0 bridgehead atoms. The summed E-state index contributed by atoms with van der Waals surface area (Å²) in [4.78, 5) is 39.4. The summed E-state index contributed by atoms with van der Waals surface area (Å²) in [5.41, 5.74) is -1.22. The fourth-order valence-corrected chi connectivity index (χ4v) is 4.05. The highest BCUT2D eigenvalue weighted by Gasteiger charge is 2.72. The third-order valence-electron chi connectivity index (χ3n) is 5.27. The maximum atomic E-state index is 13.4. The maximum Gasteiger partial charge on any atom is 0.327 e. The van der Waals surface area contributed by atoms with Crippen LogP contribution >= 0.6 is 0 Å². The van der Waals surface area contributed by atoms with Crippen molar-refractivity contribution in [1.29, 1.82) is 0 Å². The van der Waals surface area contributed by atoms with Crippen molar-refractivity contribution in [3.8, 4) is 5.75 Å². The minimum atomic E-state index is -2.03. The lowest BCUT2D eigenvalue weighted by atomic mass is 9.67. The minimum Gasteiger partial charge on any atom is -0.468 e. The Hall–Kier alpha value is -3.19. The lowest BCUT2D eigenvalue weighted by Crippen LogP contribution is -2.53. The number of carbonyl (C=O) groups is 3. The molecule has 0 spiro atoms. The number of ether oxygens (including phenoxy) is 4. The molecule has 1 saturated heterocycles. The highest BCUT2D eigenvalue weighted by molar-refractivity contribution is 6.11. The maximum absolute atomic E-state index is 13.4. The number of para-hydroxylation sites is 1. The third-order valence-corrected chi connectivity index (χ3v) is 5.27. The molecule has 0 unspecified atom stereocenters. The fourth-order valence-electron chi connectivity index (χ4n) is 4.05. The number of hydrogen-bond donors (Lipinski definition) is 0. The lowest BCUT2D eigenvalue weighted by Gasteiger charge is -2.34. The number of ketones is 1. The first-order valence-electron chi connectivity index (χ1n) is 8.72. The normalized spacial score (nSPS) is 24.5. The van der Waals surface area contributed by atoms with E-state index in [4.69, 9.17) is 18.9 Å². The van der Waals surface area contributed by atoms with Gasteiger partial charge in [0.15, 0.2) is 5.78 Å². The molecular formula is C21H18O7. The van der Waals surface area contributed by atoms with E-state index in [0.29, 0.717) is 11.3 Å². The Morgan fingerprint density at radius 2 is 1.54 bits per heavy atom. The molecule has 7 heteroatoms. The second kappa shape index (κ2) is 6.76. The van der Waals surface area contributed by atoms with E-state index in [0.717, 1.165) is 14.2 Å². The average Bonchev–Trinajstić information content (AvgIpc) is 3.09. The van der Waals surface area contributed by atoms with Crippen molar-refractivity contribution in [1.82, 2.24) is 0 Å². The second-order valence-corrected chi connectivity index (χ2v) is 6.60. The fraction of sp³-hybridized carbons (Fsp3) is 0.286. The van der Waals surface area contributed by atoms with Gasteiger partial charge in [-0.2, -0.15) is 0 Å². The number of fused-ring (bicyclic) bond motifs is 2. The van der Waals surface area contributed by atoms with E-state index in [2.05, 4.69) is 0 Å². The Morgan fingerprint density at radius 1 is 0.929 bits per heavy atom. The Balaban J connectivity index is 1.95. The summed E-state index contributed by atoms with van der Waals surface area (Å²) in [7, 11) is 2.31. The van der Waals surface area contributed by atoms with Crippen LogP contribution in [-0.4, -0.2) is 38.2 Å². The first-order chi connectivity index (χ1) is 13.6. The van der Waals surface area contributed by atoms with Crippen LogP contribution in [0.15, 0.2) is 54.6 Å². The molecule has 0 aliphatic carbocycles. The average molecular weight is 382 g/mol. The summed E-state index contributed by atoms with van der Waals surface area (Å²) < 4.78 is 21.8. The highest BCUT2D eigenvalue weighted by atomic mass is 16.7. The first-order valence-corrected chi connectivity index (χ1v) is 8.72. The van der Waals surface area contributed by atoms with Crippen molar-refractivity contribution >= 4 is 17.7 Å². The number of rotatable bonds is 3. The van der Waals surface area contributed by atoms with E-state index in [1.165, 1.54) is 0 Å². The van der Waals surface area contributed by atoms with Gasteiger partial charge in [0.25, 0.3) is 0 Å². The van der Waals surface area contributed by atoms with E-state index in [1.807, 2.05) is 0 Å². The predicted octanol–water partition coefficient (Wildman–Crippen LogP) is 2.31. The van der Waals surface area contributed by atoms with E-state index < -0.39 is 41.4 Å². The smallest absolute Gasteiger partial charge is 0.327 e. The summed E-state index contributed by atoms with van der Waals surface area (Å²) in [6, 6.07) is 15.3. The van der Waals surface area contributed by atoms with Gasteiger partial charge in [-0.25, -0.2) is 0 Å². The van der Waals surface area contributed by atoms with Gasteiger partial charge in [0.1, 0.15) is 17.8 Å². The van der Waals surface area contributed by atoms with Gasteiger partial charge < -0.3 is 18.9 Å². The summed E-state index contributed by atoms with van der Waals surface area (Å²) in [6.45, 7) is 0. The topological polar surface area (TPSA) is 88.1 Å². The monoisotopic (exact) mass is 382 g/mol. The van der Waals surface area contributed by atoms with Crippen molar-refractivity contribution in [3.05, 3.63) is 65.7 Å². The number of benzene rings is 2. The Labute approximate surface area is 161 Å². The molecular weight excluding hydrogens is 364 g/mol. The van der Waals surface area contributed by atoms with Crippen molar-refractivity contribution in [3.63, 3.8) is 0 Å². The molecule has 0 aromatic heterocycles. The van der Waals surface area contributed by atoms with Crippen LogP contribution in [0.25, 0.3) is 0 Å². The van der Waals surface area contributed by atoms with Crippen molar-refractivity contribution in [2.24, 2.45) is 11.3 Å². The highest BCUT2D eigenvalue weighted by Crippen LogP contribution is 2.56. The van der Waals surface area contributed by atoms with E-state index in [1.54, 1.807) is 54.6 Å². The van der Waals surface area contributed by atoms with Crippen LogP contribution in [0.5, 0.6) is 5.75 Å². The summed E-state index contributed by atoms with van der Waals surface area (Å²) >= 11 is 0. The number of methoxy groups -OCH3 is 2. The molecule has 2 heterocycles. The first kappa shape index (κ1) is 18.2. The zero-order chi connectivity index (χ0) is 19.9. The van der Waals surface area contributed by atoms with Crippen molar-refractivity contribution in [2.75, 3.05) is 14.2 Å². The molecule has 3 atom stereocenters. The molecule has 1 fully saturated rings. The van der Waals surface area contributed by atoms with Crippen LogP contribution in [0.3, 0.4) is 0 Å². The molecule has 4 rings (SSSR count). The lowest BCUT2D eigenvalue weighted by molar-refractivity contribution is -0.175. The van der Waals surface area contributed by atoms with Gasteiger partial charge in [0, 0.05) is 0 Å². The van der Waals surface area contributed by atoms with Crippen molar-refractivity contribution < 1.29 is 33.3 Å². The number of carbonyl (C=O) groups excluding carboxylic acids is 3. The largest absolute Gasteiger partial charge is 0.468 e. The van der Waals surface area contributed by atoms with Gasteiger partial charge in [0.05, 0.1) is 19.8 Å². The van der Waals surface area contributed by atoms with Gasteiger partial charge in [0.2, 0.25) is 11.7 Å². The molecule has 2 aromatic rings. The molecule has 144 valence electrons. The second-order valence-electron chi connectivity index (χ2n) is 6.60. The molecule has 28 heavy (non-hydrogen) atoms. The van der Waals surface area contributed by atoms with Crippen LogP contribution in [-0.2, 0) is 23.8 Å². The molecule has 0 N–H and O–H groups in total. The van der Waals surface area contributed by atoms with E-state index in [9.17, 15) is 14.4 Å². The van der Waals surface area contributed by atoms with Crippen LogP contribution in [0.1, 0.15) is 22.0 Å². The Morgan fingerprint density at radius 3 is 2.18 bits per heavy atom. The van der Waals surface area contributed by atoms with Gasteiger partial charge in [-0.05, 0) is 17.7 Å². The number of esters is 2. The zero-order valence-corrected chi connectivity index (χ0v) is 15.3. The molecule has 2 aromatic carbocycles. The number of Topliss-reactive ketones (excluding diaryl/α,β-unsaturated/α-hetero) is 1. The van der Waals surface area contributed by atoms with Crippen LogP contribution < -0.4 is 4.74 Å². The predicted molar refractivity (Wildman–Crippen MR) is 95.4 cm³/mol. The minimum absolute atomic E-state index is 0.276. The van der Waals surface area contributed by atoms with Gasteiger partial charge in [-0.15, -0.1) is 0 Å². The Bertz CT molecular complexity index is 921. The van der Waals surface area contributed by atoms with Crippen molar-refractivity contribution in [2.45, 2.75) is 12.4 Å².